The zero-order valence-corrected chi connectivity index (χ0v) is 37.0. The van der Waals surface area contributed by atoms with Crippen LogP contribution in [0.1, 0.15) is 43.4 Å². The zero-order valence-electron chi connectivity index (χ0n) is 37.0. The number of fused-ring (bicyclic) bond motifs is 9. The van der Waals surface area contributed by atoms with Crippen molar-refractivity contribution in [2.24, 2.45) is 0 Å². The monoisotopic (exact) mass is 846 g/mol. The largest absolute Gasteiger partial charge is 0.456 e. The number of anilines is 3. The lowest BCUT2D eigenvalue weighted by Gasteiger charge is -2.28. The van der Waals surface area contributed by atoms with Gasteiger partial charge >= 0.3 is 0 Å². The van der Waals surface area contributed by atoms with Crippen LogP contribution in [0.2, 0.25) is 0 Å². The molecule has 0 fully saturated rings. The van der Waals surface area contributed by atoms with Gasteiger partial charge in [-0.05, 0) is 147 Å². The Kier molecular flexibility index (Phi) is 8.69. The summed E-state index contributed by atoms with van der Waals surface area (Å²) >= 11 is 0. The lowest BCUT2D eigenvalue weighted by atomic mass is 9.82. The minimum atomic E-state index is -0.0860. The number of aromatic nitrogens is 1. The summed E-state index contributed by atoms with van der Waals surface area (Å²) in [5, 5.41) is 4.65. The Hall–Kier alpha value is -8.14. The molecule has 0 saturated heterocycles. The molecule has 0 radical (unpaired) electrons. The lowest BCUT2D eigenvalue weighted by molar-refractivity contribution is 0.660. The Balaban J connectivity index is 0.968. The molecule has 3 nitrogen and oxygen atoms in total. The summed E-state index contributed by atoms with van der Waals surface area (Å²) in [6.07, 6.45) is 8.85. The summed E-state index contributed by atoms with van der Waals surface area (Å²) in [6, 6.07) is 73.5. The van der Waals surface area contributed by atoms with Gasteiger partial charge in [-0.3, -0.25) is 0 Å². The van der Waals surface area contributed by atoms with Gasteiger partial charge in [-0.2, -0.15) is 0 Å². The number of hydrogen-bond acceptors (Lipinski definition) is 2. The van der Waals surface area contributed by atoms with E-state index in [-0.39, 0.29) is 5.41 Å². The summed E-state index contributed by atoms with van der Waals surface area (Å²) in [6.45, 7) is 4.69. The number of para-hydroxylation sites is 1. The maximum absolute atomic E-state index is 6.73. The molecule has 13 rings (SSSR count). The number of allylic oxidation sites excluding steroid dienone is 4. The SMILES string of the molecule is CC1(C)c2ccccc2-c2cc(N(c3ccc(-c4ccccc4)cc3)c3cccc4oc5ccc(-c6ccc7c(c6)c6ccccc6n7-c6cccc(C7=CC=CCC7)c6)cc5c34)ccc21. The van der Waals surface area contributed by atoms with Crippen LogP contribution in [0.4, 0.5) is 17.1 Å². The van der Waals surface area contributed by atoms with E-state index in [4.69, 9.17) is 4.42 Å². The molecular formula is C63H46N2O. The molecular weight excluding hydrogens is 801 g/mol. The second-order valence-electron chi connectivity index (χ2n) is 18.4. The van der Waals surface area contributed by atoms with Crippen LogP contribution in [0, 0.1) is 0 Å². The first kappa shape index (κ1) is 38.3. The minimum absolute atomic E-state index is 0.0860. The van der Waals surface area contributed by atoms with Crippen LogP contribution in [0.3, 0.4) is 0 Å². The van der Waals surface area contributed by atoms with E-state index in [0.29, 0.717) is 0 Å². The molecule has 11 aromatic rings. The van der Waals surface area contributed by atoms with E-state index in [1.807, 2.05) is 0 Å². The molecule has 0 N–H and O–H groups in total. The van der Waals surface area contributed by atoms with Gasteiger partial charge in [0.1, 0.15) is 11.2 Å². The van der Waals surface area contributed by atoms with Gasteiger partial charge in [-0.25, -0.2) is 0 Å². The molecule has 2 aliphatic rings. The molecule has 2 heterocycles. The van der Waals surface area contributed by atoms with Crippen molar-refractivity contribution in [3.05, 3.63) is 235 Å². The molecule has 0 atom stereocenters. The van der Waals surface area contributed by atoms with Crippen LogP contribution in [-0.4, -0.2) is 4.57 Å². The molecule has 0 bridgehead atoms. The second kappa shape index (κ2) is 15.0. The van der Waals surface area contributed by atoms with Crippen LogP contribution in [-0.2, 0) is 5.41 Å². The fourth-order valence-electron chi connectivity index (χ4n) is 11.0. The smallest absolute Gasteiger partial charge is 0.137 e. The van der Waals surface area contributed by atoms with Crippen molar-refractivity contribution in [3.63, 3.8) is 0 Å². The molecule has 0 unspecified atom stereocenters. The molecule has 9 aromatic carbocycles. The second-order valence-corrected chi connectivity index (χ2v) is 18.4. The predicted molar refractivity (Wildman–Crippen MR) is 278 cm³/mol. The molecule has 314 valence electrons. The van der Waals surface area contributed by atoms with Crippen molar-refractivity contribution in [2.75, 3.05) is 4.90 Å². The van der Waals surface area contributed by atoms with Crippen molar-refractivity contribution in [3.8, 4) is 39.1 Å². The summed E-state index contributed by atoms with van der Waals surface area (Å²) in [5.74, 6) is 0. The highest BCUT2D eigenvalue weighted by atomic mass is 16.3. The van der Waals surface area contributed by atoms with Gasteiger partial charge in [0.15, 0.2) is 0 Å². The summed E-state index contributed by atoms with van der Waals surface area (Å²) in [4.78, 5) is 2.42. The van der Waals surface area contributed by atoms with Crippen LogP contribution < -0.4 is 4.90 Å². The quantitative estimate of drug-likeness (QED) is 0.159. The average molecular weight is 847 g/mol. The number of hydrogen-bond donors (Lipinski definition) is 0. The number of furan rings is 1. The van der Waals surface area contributed by atoms with Gasteiger partial charge < -0.3 is 13.9 Å². The molecule has 66 heavy (non-hydrogen) atoms. The third-order valence-electron chi connectivity index (χ3n) is 14.3. The zero-order chi connectivity index (χ0) is 43.9. The first-order valence-electron chi connectivity index (χ1n) is 23.1. The minimum Gasteiger partial charge on any atom is -0.456 e. The Morgan fingerprint density at radius 2 is 1.18 bits per heavy atom. The van der Waals surface area contributed by atoms with Crippen LogP contribution in [0.5, 0.6) is 0 Å². The Labute approximate surface area is 384 Å². The van der Waals surface area contributed by atoms with Gasteiger partial charge in [-0.1, -0.05) is 153 Å². The Bertz CT molecular complexity index is 3780. The van der Waals surface area contributed by atoms with Gasteiger partial charge in [0.25, 0.3) is 0 Å². The van der Waals surface area contributed by atoms with Gasteiger partial charge in [0, 0.05) is 38.6 Å². The molecule has 2 aliphatic carbocycles. The maximum Gasteiger partial charge on any atom is 0.137 e. The first-order chi connectivity index (χ1) is 32.5. The van der Waals surface area contributed by atoms with Crippen LogP contribution in [0.25, 0.3) is 88.4 Å². The third-order valence-corrected chi connectivity index (χ3v) is 14.3. The third kappa shape index (κ3) is 6.04. The van der Waals surface area contributed by atoms with E-state index >= 15 is 0 Å². The van der Waals surface area contributed by atoms with Gasteiger partial charge in [0.2, 0.25) is 0 Å². The average Bonchev–Trinajstić information content (AvgIpc) is 4.00. The summed E-state index contributed by atoms with van der Waals surface area (Å²) < 4.78 is 9.15. The van der Waals surface area contributed by atoms with Crippen LogP contribution >= 0.6 is 0 Å². The predicted octanol–water partition coefficient (Wildman–Crippen LogP) is 17.5. The normalized spacial score (nSPS) is 13.9. The van der Waals surface area contributed by atoms with E-state index < -0.39 is 0 Å². The summed E-state index contributed by atoms with van der Waals surface area (Å²) in [5.41, 5.74) is 21.2. The topological polar surface area (TPSA) is 21.3 Å². The van der Waals surface area contributed by atoms with E-state index in [2.05, 4.69) is 242 Å². The van der Waals surface area contributed by atoms with Crippen molar-refractivity contribution in [1.29, 1.82) is 0 Å². The standard InChI is InChI=1S/C63H46N2O/c1-63(2)55-23-11-9-21-50(55)52-40-49(33-34-56(52)63)64(47-31-27-43(28-32-47)41-15-5-3-6-16-41)59-25-14-26-61-62(59)54-39-46(30-36-60(54)66-61)45-29-35-58-53(38-45)51-22-10-12-24-57(51)65(58)48-20-13-19-44(37-48)42-17-7-4-8-18-42/h3-7,9-17,19-40H,8,18H2,1-2H3. The highest BCUT2D eigenvalue weighted by molar-refractivity contribution is 6.15. The number of benzene rings is 9. The summed E-state index contributed by atoms with van der Waals surface area (Å²) in [7, 11) is 0. The molecule has 0 aliphatic heterocycles. The molecule has 0 spiro atoms. The van der Waals surface area contributed by atoms with Crippen molar-refractivity contribution < 1.29 is 4.42 Å². The fourth-order valence-corrected chi connectivity index (χ4v) is 11.0. The van der Waals surface area contributed by atoms with E-state index in [0.717, 1.165) is 57.4 Å². The molecule has 3 heteroatoms. The lowest BCUT2D eigenvalue weighted by Crippen LogP contribution is -2.15. The van der Waals surface area contributed by atoms with Crippen molar-refractivity contribution >= 4 is 66.4 Å². The van der Waals surface area contributed by atoms with E-state index in [9.17, 15) is 0 Å². The molecule has 0 saturated carbocycles. The molecule has 2 aromatic heterocycles. The maximum atomic E-state index is 6.73. The van der Waals surface area contributed by atoms with Gasteiger partial charge in [0.05, 0.1) is 22.1 Å². The highest BCUT2D eigenvalue weighted by Crippen LogP contribution is 2.52. The fraction of sp³-hybridized carbons (Fsp3) is 0.0794. The Morgan fingerprint density at radius 3 is 2.05 bits per heavy atom. The van der Waals surface area contributed by atoms with Crippen molar-refractivity contribution in [1.82, 2.24) is 4.57 Å². The Morgan fingerprint density at radius 1 is 0.485 bits per heavy atom. The number of rotatable bonds is 7. The first-order valence-corrected chi connectivity index (χ1v) is 23.1. The highest BCUT2D eigenvalue weighted by Gasteiger charge is 2.35. The van der Waals surface area contributed by atoms with E-state index in [1.165, 1.54) is 77.6 Å². The van der Waals surface area contributed by atoms with Crippen LogP contribution in [0.15, 0.2) is 223 Å². The van der Waals surface area contributed by atoms with E-state index in [1.54, 1.807) is 0 Å². The van der Waals surface area contributed by atoms with Crippen molar-refractivity contribution in [2.45, 2.75) is 32.1 Å². The number of nitrogens with zero attached hydrogens (tertiary/aromatic N) is 2. The molecule has 0 amide bonds. The van der Waals surface area contributed by atoms with Gasteiger partial charge in [-0.15, -0.1) is 0 Å².